The maximum Gasteiger partial charge on any atom is 0.0347 e. The van der Waals surface area contributed by atoms with E-state index in [1.807, 2.05) is 35.2 Å². The molecular formula is C10H11NS2. The highest BCUT2D eigenvalue weighted by molar-refractivity contribution is 7.97. The average molecular weight is 209 g/mol. The molecule has 0 amide bonds. The third-order valence-electron chi connectivity index (χ3n) is 1.88. The van der Waals surface area contributed by atoms with Gasteiger partial charge < -0.3 is 5.73 Å². The van der Waals surface area contributed by atoms with E-state index in [0.717, 1.165) is 11.4 Å². The molecule has 0 aliphatic heterocycles. The van der Waals surface area contributed by atoms with Crippen molar-refractivity contribution in [2.45, 2.75) is 5.75 Å². The highest BCUT2D eigenvalue weighted by Crippen LogP contribution is 2.29. The summed E-state index contributed by atoms with van der Waals surface area (Å²) >= 11 is 3.71. The molecule has 0 spiro atoms. The molecule has 13 heavy (non-hydrogen) atoms. The van der Waals surface area contributed by atoms with Crippen molar-refractivity contribution in [2.75, 3.05) is 12.0 Å². The van der Waals surface area contributed by atoms with Crippen LogP contribution in [0, 0.1) is 0 Å². The molecule has 0 aliphatic carbocycles. The molecule has 0 atom stereocenters. The Morgan fingerprint density at radius 1 is 1.38 bits per heavy atom. The van der Waals surface area contributed by atoms with Gasteiger partial charge in [0.25, 0.3) is 0 Å². The van der Waals surface area contributed by atoms with Crippen molar-refractivity contribution < 1.29 is 0 Å². The van der Waals surface area contributed by atoms with E-state index in [9.17, 15) is 0 Å². The second-order valence-electron chi connectivity index (χ2n) is 2.94. The van der Waals surface area contributed by atoms with Crippen LogP contribution in [0.3, 0.4) is 0 Å². The number of rotatable bonds is 2. The minimum Gasteiger partial charge on any atom is -0.399 e. The number of anilines is 1. The third kappa shape index (κ3) is 1.81. The maximum atomic E-state index is 5.71. The zero-order valence-electron chi connectivity index (χ0n) is 7.41. The molecule has 1 aromatic heterocycles. The SMILES string of the molecule is CSCc1cc2cc(N)ccc2s1. The first-order valence-corrected chi connectivity index (χ1v) is 6.27. The molecular weight excluding hydrogens is 198 g/mol. The summed E-state index contributed by atoms with van der Waals surface area (Å²) in [5.74, 6) is 1.10. The Labute approximate surface area is 85.9 Å². The number of fused-ring (bicyclic) bond motifs is 1. The van der Waals surface area contributed by atoms with E-state index in [0.29, 0.717) is 0 Å². The van der Waals surface area contributed by atoms with Crippen LogP contribution < -0.4 is 5.73 Å². The van der Waals surface area contributed by atoms with Crippen LogP contribution in [0.2, 0.25) is 0 Å². The quantitative estimate of drug-likeness (QED) is 0.768. The van der Waals surface area contributed by atoms with E-state index in [-0.39, 0.29) is 0 Å². The van der Waals surface area contributed by atoms with Crippen molar-refractivity contribution in [3.05, 3.63) is 29.1 Å². The molecule has 0 unspecified atom stereocenters. The first kappa shape index (κ1) is 8.91. The van der Waals surface area contributed by atoms with Gasteiger partial charge in [-0.1, -0.05) is 0 Å². The summed E-state index contributed by atoms with van der Waals surface area (Å²) in [6.07, 6.45) is 2.12. The second-order valence-corrected chi connectivity index (χ2v) is 4.98. The van der Waals surface area contributed by atoms with Crippen LogP contribution in [-0.2, 0) is 5.75 Å². The lowest BCUT2D eigenvalue weighted by Gasteiger charge is -1.90. The third-order valence-corrected chi connectivity index (χ3v) is 3.78. The number of hydrogen-bond acceptors (Lipinski definition) is 3. The highest BCUT2D eigenvalue weighted by atomic mass is 32.2. The minimum absolute atomic E-state index is 0.848. The molecule has 2 N–H and O–H groups in total. The summed E-state index contributed by atoms with van der Waals surface area (Å²) in [5.41, 5.74) is 6.55. The smallest absolute Gasteiger partial charge is 0.0347 e. The van der Waals surface area contributed by atoms with E-state index in [1.165, 1.54) is 15.0 Å². The van der Waals surface area contributed by atoms with E-state index in [4.69, 9.17) is 5.73 Å². The summed E-state index contributed by atoms with van der Waals surface area (Å²) < 4.78 is 1.33. The summed E-state index contributed by atoms with van der Waals surface area (Å²) in [7, 11) is 0. The van der Waals surface area contributed by atoms with E-state index in [2.05, 4.69) is 18.4 Å². The lowest BCUT2D eigenvalue weighted by molar-refractivity contribution is 1.56. The predicted octanol–water partition coefficient (Wildman–Crippen LogP) is 3.35. The van der Waals surface area contributed by atoms with Crippen LogP contribution in [0.25, 0.3) is 10.1 Å². The lowest BCUT2D eigenvalue weighted by atomic mass is 10.2. The van der Waals surface area contributed by atoms with Crippen LogP contribution >= 0.6 is 23.1 Å². The van der Waals surface area contributed by atoms with Crippen molar-refractivity contribution in [1.29, 1.82) is 0 Å². The van der Waals surface area contributed by atoms with Gasteiger partial charge in [-0.05, 0) is 35.9 Å². The van der Waals surface area contributed by atoms with Gasteiger partial charge in [0.2, 0.25) is 0 Å². The molecule has 68 valence electrons. The van der Waals surface area contributed by atoms with Gasteiger partial charge in [0.15, 0.2) is 0 Å². The number of nitrogen functional groups attached to an aromatic ring is 1. The Bertz CT molecular complexity index is 420. The minimum atomic E-state index is 0.848. The molecule has 3 heteroatoms. The average Bonchev–Trinajstić information content (AvgIpc) is 2.46. The van der Waals surface area contributed by atoms with Crippen molar-refractivity contribution in [3.8, 4) is 0 Å². The fourth-order valence-electron chi connectivity index (χ4n) is 1.33. The van der Waals surface area contributed by atoms with E-state index < -0.39 is 0 Å². The molecule has 1 heterocycles. The number of hydrogen-bond donors (Lipinski definition) is 1. The van der Waals surface area contributed by atoms with E-state index in [1.54, 1.807) is 0 Å². The highest BCUT2D eigenvalue weighted by Gasteiger charge is 2.00. The van der Waals surface area contributed by atoms with Crippen molar-refractivity contribution in [2.24, 2.45) is 0 Å². The fourth-order valence-corrected chi connectivity index (χ4v) is 3.13. The predicted molar refractivity (Wildman–Crippen MR) is 63.5 cm³/mol. The number of thioether (sulfide) groups is 1. The zero-order chi connectivity index (χ0) is 9.26. The molecule has 0 saturated carbocycles. The van der Waals surface area contributed by atoms with Crippen LogP contribution in [0.15, 0.2) is 24.3 Å². The van der Waals surface area contributed by atoms with Gasteiger partial charge in [0.1, 0.15) is 0 Å². The van der Waals surface area contributed by atoms with Crippen molar-refractivity contribution >= 4 is 38.9 Å². The Balaban J connectivity index is 2.49. The Kier molecular flexibility index (Phi) is 2.47. The number of thiophene rings is 1. The lowest BCUT2D eigenvalue weighted by Crippen LogP contribution is -1.80. The topological polar surface area (TPSA) is 26.0 Å². The Morgan fingerprint density at radius 2 is 2.23 bits per heavy atom. The van der Waals surface area contributed by atoms with Gasteiger partial charge >= 0.3 is 0 Å². The van der Waals surface area contributed by atoms with Crippen molar-refractivity contribution in [3.63, 3.8) is 0 Å². The monoisotopic (exact) mass is 209 g/mol. The molecule has 2 rings (SSSR count). The number of nitrogens with two attached hydrogens (primary N) is 1. The standard InChI is InChI=1S/C10H11NS2/c1-12-6-9-5-7-4-8(11)2-3-10(7)13-9/h2-5H,6,11H2,1H3. The fraction of sp³-hybridized carbons (Fsp3) is 0.200. The molecule has 0 saturated heterocycles. The van der Waals surface area contributed by atoms with Crippen molar-refractivity contribution in [1.82, 2.24) is 0 Å². The van der Waals surface area contributed by atoms with Gasteiger partial charge in [-0.2, -0.15) is 11.8 Å². The van der Waals surface area contributed by atoms with Crippen LogP contribution in [-0.4, -0.2) is 6.26 Å². The molecule has 0 bridgehead atoms. The van der Waals surface area contributed by atoms with Gasteiger partial charge in [0, 0.05) is 21.0 Å². The van der Waals surface area contributed by atoms with Gasteiger partial charge in [-0.25, -0.2) is 0 Å². The Morgan fingerprint density at radius 3 is 3.00 bits per heavy atom. The molecule has 0 fully saturated rings. The van der Waals surface area contributed by atoms with Gasteiger partial charge in [-0.3, -0.25) is 0 Å². The van der Waals surface area contributed by atoms with Crippen LogP contribution in [0.1, 0.15) is 4.88 Å². The molecule has 1 aromatic carbocycles. The van der Waals surface area contributed by atoms with E-state index >= 15 is 0 Å². The maximum absolute atomic E-state index is 5.71. The summed E-state index contributed by atoms with van der Waals surface area (Å²) in [5, 5.41) is 1.27. The van der Waals surface area contributed by atoms with Crippen LogP contribution in [0.5, 0.6) is 0 Å². The Hall–Kier alpha value is -0.670. The van der Waals surface area contributed by atoms with Crippen LogP contribution in [0.4, 0.5) is 5.69 Å². The first-order chi connectivity index (χ1) is 6.29. The summed E-state index contributed by atoms with van der Waals surface area (Å²) in [6.45, 7) is 0. The first-order valence-electron chi connectivity index (χ1n) is 4.06. The summed E-state index contributed by atoms with van der Waals surface area (Å²) in [4.78, 5) is 1.42. The number of benzene rings is 1. The summed E-state index contributed by atoms with van der Waals surface area (Å²) in [6, 6.07) is 8.32. The van der Waals surface area contributed by atoms with Gasteiger partial charge in [-0.15, -0.1) is 11.3 Å². The zero-order valence-corrected chi connectivity index (χ0v) is 9.04. The largest absolute Gasteiger partial charge is 0.399 e. The molecule has 0 radical (unpaired) electrons. The molecule has 2 aromatic rings. The normalized spacial score (nSPS) is 10.8. The molecule has 1 nitrogen and oxygen atoms in total. The second kappa shape index (κ2) is 3.60. The van der Waals surface area contributed by atoms with Gasteiger partial charge in [0.05, 0.1) is 0 Å². The molecule has 0 aliphatic rings.